The Hall–Kier alpha value is -1.84. The maximum absolute atomic E-state index is 12.5. The number of nitrogens with one attached hydrogen (secondary N) is 1. The van der Waals surface area contributed by atoms with Crippen LogP contribution in [0.1, 0.15) is 45.2 Å². The second-order valence-electron chi connectivity index (χ2n) is 6.23. The van der Waals surface area contributed by atoms with Crippen molar-refractivity contribution in [3.63, 3.8) is 0 Å². The van der Waals surface area contributed by atoms with Crippen LogP contribution in [0.3, 0.4) is 0 Å². The van der Waals surface area contributed by atoms with Crippen LogP contribution in [-0.4, -0.2) is 29.8 Å². The number of amides is 2. The summed E-state index contributed by atoms with van der Waals surface area (Å²) < 4.78 is 0. The smallest absolute Gasteiger partial charge is 0.237 e. The minimum absolute atomic E-state index is 0.0715. The zero-order chi connectivity index (χ0) is 15.5. The topological polar surface area (TPSA) is 49.4 Å². The molecule has 1 aromatic rings. The summed E-state index contributed by atoms with van der Waals surface area (Å²) in [6.45, 7) is 6.89. The van der Waals surface area contributed by atoms with Crippen molar-refractivity contribution in [2.75, 3.05) is 13.1 Å². The lowest BCUT2D eigenvalue weighted by molar-refractivity contribution is -0.148. The molecule has 0 saturated carbocycles. The molecule has 1 N–H and O–H groups in total. The van der Waals surface area contributed by atoms with Crippen LogP contribution in [0, 0.1) is 5.41 Å². The summed E-state index contributed by atoms with van der Waals surface area (Å²) in [7, 11) is 0. The quantitative estimate of drug-likeness (QED) is 0.865. The van der Waals surface area contributed by atoms with Crippen LogP contribution in [0.2, 0.25) is 0 Å². The van der Waals surface area contributed by atoms with Gasteiger partial charge in [0, 0.05) is 13.1 Å². The Bertz CT molecular complexity index is 505. The average molecular weight is 288 g/mol. The van der Waals surface area contributed by atoms with E-state index in [-0.39, 0.29) is 17.9 Å². The van der Waals surface area contributed by atoms with Gasteiger partial charge in [-0.25, -0.2) is 0 Å². The molecule has 0 aromatic heterocycles. The van der Waals surface area contributed by atoms with Gasteiger partial charge in [0.15, 0.2) is 0 Å². The third kappa shape index (κ3) is 3.43. The number of hydrogen-bond donors (Lipinski definition) is 1. The van der Waals surface area contributed by atoms with Gasteiger partial charge in [0.1, 0.15) is 5.41 Å². The maximum atomic E-state index is 12.5. The first kappa shape index (κ1) is 15.5. The summed E-state index contributed by atoms with van der Waals surface area (Å²) in [5.74, 6) is -0.284. The van der Waals surface area contributed by atoms with Gasteiger partial charge in [-0.3, -0.25) is 9.59 Å². The van der Waals surface area contributed by atoms with Crippen molar-refractivity contribution in [2.24, 2.45) is 5.41 Å². The number of carbonyl (C=O) groups excluding carboxylic acids is 2. The summed E-state index contributed by atoms with van der Waals surface area (Å²) in [4.78, 5) is 26.8. The van der Waals surface area contributed by atoms with E-state index in [0.29, 0.717) is 0 Å². The molecule has 1 atom stereocenters. The van der Waals surface area contributed by atoms with Crippen molar-refractivity contribution in [3.8, 4) is 0 Å². The SMILES string of the molecule is CC(NC(=O)C(C)(C)C(=O)N1CCCC1)c1ccccc1. The highest BCUT2D eigenvalue weighted by Crippen LogP contribution is 2.24. The van der Waals surface area contributed by atoms with E-state index in [4.69, 9.17) is 0 Å². The van der Waals surface area contributed by atoms with E-state index in [9.17, 15) is 9.59 Å². The van der Waals surface area contributed by atoms with Gasteiger partial charge in [0.2, 0.25) is 11.8 Å². The Morgan fingerprint density at radius 1 is 1.14 bits per heavy atom. The maximum Gasteiger partial charge on any atom is 0.237 e. The molecular weight excluding hydrogens is 264 g/mol. The van der Waals surface area contributed by atoms with Gasteiger partial charge in [-0.2, -0.15) is 0 Å². The van der Waals surface area contributed by atoms with Gasteiger partial charge >= 0.3 is 0 Å². The minimum Gasteiger partial charge on any atom is -0.349 e. The third-order valence-corrected chi connectivity index (χ3v) is 4.14. The second-order valence-corrected chi connectivity index (χ2v) is 6.23. The molecule has 1 fully saturated rings. The Morgan fingerprint density at radius 2 is 1.71 bits per heavy atom. The van der Waals surface area contributed by atoms with Gasteiger partial charge in [-0.15, -0.1) is 0 Å². The van der Waals surface area contributed by atoms with E-state index in [1.165, 1.54) is 0 Å². The Balaban J connectivity index is 2.02. The predicted octanol–water partition coefficient (Wildman–Crippen LogP) is 2.51. The molecule has 1 aromatic carbocycles. The van der Waals surface area contributed by atoms with Crippen molar-refractivity contribution in [1.82, 2.24) is 10.2 Å². The number of rotatable bonds is 4. The van der Waals surface area contributed by atoms with Crippen LogP contribution >= 0.6 is 0 Å². The fourth-order valence-electron chi connectivity index (χ4n) is 2.61. The highest BCUT2D eigenvalue weighted by Gasteiger charge is 2.40. The number of hydrogen-bond acceptors (Lipinski definition) is 2. The van der Waals surface area contributed by atoms with E-state index in [2.05, 4.69) is 5.32 Å². The van der Waals surface area contributed by atoms with Gasteiger partial charge < -0.3 is 10.2 Å². The summed E-state index contributed by atoms with van der Waals surface area (Å²) in [6.07, 6.45) is 2.06. The molecule has 0 spiro atoms. The van der Waals surface area contributed by atoms with Crippen LogP contribution in [0.5, 0.6) is 0 Å². The van der Waals surface area contributed by atoms with Crippen molar-refractivity contribution in [2.45, 2.75) is 39.7 Å². The number of nitrogens with zero attached hydrogens (tertiary/aromatic N) is 1. The predicted molar refractivity (Wildman–Crippen MR) is 82.6 cm³/mol. The molecule has 1 unspecified atom stereocenters. The van der Waals surface area contributed by atoms with Crippen molar-refractivity contribution < 1.29 is 9.59 Å². The monoisotopic (exact) mass is 288 g/mol. The Labute approximate surface area is 126 Å². The summed E-state index contributed by atoms with van der Waals surface area (Å²) in [5, 5.41) is 2.95. The average Bonchev–Trinajstić information content (AvgIpc) is 3.01. The molecule has 0 aliphatic carbocycles. The third-order valence-electron chi connectivity index (χ3n) is 4.14. The molecule has 1 heterocycles. The van der Waals surface area contributed by atoms with Crippen LogP contribution < -0.4 is 5.32 Å². The molecule has 0 radical (unpaired) electrons. The molecular formula is C17H24N2O2. The van der Waals surface area contributed by atoms with Gasteiger partial charge in [-0.05, 0) is 39.2 Å². The summed E-state index contributed by atoms with van der Waals surface area (Å²) in [6, 6.07) is 9.67. The van der Waals surface area contributed by atoms with E-state index in [1.807, 2.05) is 37.3 Å². The minimum atomic E-state index is -1.02. The molecule has 21 heavy (non-hydrogen) atoms. The van der Waals surface area contributed by atoms with Crippen LogP contribution in [0.25, 0.3) is 0 Å². The van der Waals surface area contributed by atoms with E-state index in [1.54, 1.807) is 18.7 Å². The first-order valence-electron chi connectivity index (χ1n) is 7.58. The fourth-order valence-corrected chi connectivity index (χ4v) is 2.61. The fraction of sp³-hybridized carbons (Fsp3) is 0.529. The molecule has 2 amide bonds. The molecule has 1 saturated heterocycles. The van der Waals surface area contributed by atoms with Gasteiger partial charge in [0.05, 0.1) is 6.04 Å². The largest absolute Gasteiger partial charge is 0.349 e. The second kappa shape index (κ2) is 6.29. The number of benzene rings is 1. The van der Waals surface area contributed by atoms with Crippen LogP contribution in [-0.2, 0) is 9.59 Å². The zero-order valence-electron chi connectivity index (χ0n) is 13.1. The van der Waals surface area contributed by atoms with E-state index in [0.717, 1.165) is 31.5 Å². The first-order chi connectivity index (χ1) is 9.93. The summed E-state index contributed by atoms with van der Waals surface area (Å²) in [5.41, 5.74) is 0.0168. The summed E-state index contributed by atoms with van der Waals surface area (Å²) >= 11 is 0. The van der Waals surface area contributed by atoms with Crippen molar-refractivity contribution in [1.29, 1.82) is 0 Å². The van der Waals surface area contributed by atoms with Gasteiger partial charge in [0.25, 0.3) is 0 Å². The Kier molecular flexibility index (Phi) is 4.66. The molecule has 0 bridgehead atoms. The highest BCUT2D eigenvalue weighted by atomic mass is 16.2. The van der Waals surface area contributed by atoms with Crippen LogP contribution in [0.15, 0.2) is 30.3 Å². The molecule has 1 aliphatic heterocycles. The molecule has 4 heteroatoms. The molecule has 114 valence electrons. The molecule has 2 rings (SSSR count). The Morgan fingerprint density at radius 3 is 2.29 bits per heavy atom. The zero-order valence-corrected chi connectivity index (χ0v) is 13.1. The van der Waals surface area contributed by atoms with E-state index >= 15 is 0 Å². The van der Waals surface area contributed by atoms with E-state index < -0.39 is 5.41 Å². The van der Waals surface area contributed by atoms with Crippen LogP contribution in [0.4, 0.5) is 0 Å². The van der Waals surface area contributed by atoms with Crippen molar-refractivity contribution >= 4 is 11.8 Å². The first-order valence-corrected chi connectivity index (χ1v) is 7.58. The lowest BCUT2D eigenvalue weighted by Gasteiger charge is -2.29. The lowest BCUT2D eigenvalue weighted by atomic mass is 9.89. The number of carbonyl (C=O) groups is 2. The normalized spacial score (nSPS) is 16.6. The molecule has 1 aliphatic rings. The molecule has 4 nitrogen and oxygen atoms in total. The lowest BCUT2D eigenvalue weighted by Crippen LogP contribution is -2.49. The highest BCUT2D eigenvalue weighted by molar-refractivity contribution is 6.04. The van der Waals surface area contributed by atoms with Crippen molar-refractivity contribution in [3.05, 3.63) is 35.9 Å². The van der Waals surface area contributed by atoms with Gasteiger partial charge in [-0.1, -0.05) is 30.3 Å². The standard InChI is InChI=1S/C17H24N2O2/c1-13(14-9-5-4-6-10-14)18-15(20)17(2,3)16(21)19-11-7-8-12-19/h4-6,9-10,13H,7-8,11-12H2,1-3H3,(H,18,20). The number of likely N-dealkylation sites (tertiary alicyclic amines) is 1.